The van der Waals surface area contributed by atoms with Crippen LogP contribution in [-0.4, -0.2) is 24.0 Å². The van der Waals surface area contributed by atoms with E-state index in [-0.39, 0.29) is 23.2 Å². The number of halogens is 4. The highest BCUT2D eigenvalue weighted by atomic mass is 35.5. The average molecular weight is 399 g/mol. The summed E-state index contributed by atoms with van der Waals surface area (Å²) in [5, 5.41) is 3.19. The topological polar surface area (TPSA) is 71.2 Å². The molecule has 3 rings (SSSR count). The van der Waals surface area contributed by atoms with Crippen molar-refractivity contribution in [1.82, 2.24) is 4.98 Å². The van der Waals surface area contributed by atoms with Gasteiger partial charge in [0.05, 0.1) is 22.0 Å². The van der Waals surface area contributed by atoms with Crippen molar-refractivity contribution in [3.8, 4) is 0 Å². The van der Waals surface area contributed by atoms with Gasteiger partial charge in [0, 0.05) is 25.2 Å². The summed E-state index contributed by atoms with van der Waals surface area (Å²) in [5.41, 5.74) is 4.88. The smallest absolute Gasteiger partial charge is 0.397 e. The van der Waals surface area contributed by atoms with Crippen LogP contribution in [0.5, 0.6) is 0 Å². The standard InChI is InChI=1S/C18H18ClF3N4O/c19-13-2-1-7-24-16(13)26-8-5-11(6-9-26)17(27)25-15-4-3-12(10-14(15)23)18(20,21)22/h1-4,7,10-11H,5-6,8-9,23H2,(H,25,27). The van der Waals surface area contributed by atoms with Gasteiger partial charge in [0.1, 0.15) is 5.82 Å². The van der Waals surface area contributed by atoms with Gasteiger partial charge in [-0.15, -0.1) is 0 Å². The second kappa shape index (κ2) is 7.64. The Morgan fingerprint density at radius 3 is 2.56 bits per heavy atom. The Labute approximate surface area is 159 Å². The molecule has 0 aliphatic carbocycles. The Hall–Kier alpha value is -2.48. The van der Waals surface area contributed by atoms with E-state index in [1.807, 2.05) is 4.90 Å². The van der Waals surface area contributed by atoms with E-state index < -0.39 is 11.7 Å². The summed E-state index contributed by atoms with van der Waals surface area (Å²) in [6.07, 6.45) is -1.65. The number of piperidine rings is 1. The molecule has 0 atom stereocenters. The van der Waals surface area contributed by atoms with Gasteiger partial charge in [-0.3, -0.25) is 4.79 Å². The molecule has 0 saturated carbocycles. The molecule has 0 spiro atoms. The third kappa shape index (κ3) is 4.44. The van der Waals surface area contributed by atoms with Gasteiger partial charge in [-0.25, -0.2) is 4.98 Å². The zero-order valence-electron chi connectivity index (χ0n) is 14.3. The van der Waals surface area contributed by atoms with Gasteiger partial charge in [-0.05, 0) is 43.2 Å². The molecule has 27 heavy (non-hydrogen) atoms. The van der Waals surface area contributed by atoms with E-state index in [0.29, 0.717) is 36.8 Å². The molecule has 1 aliphatic heterocycles. The van der Waals surface area contributed by atoms with Crippen LogP contribution in [0.3, 0.4) is 0 Å². The van der Waals surface area contributed by atoms with Gasteiger partial charge in [0.15, 0.2) is 0 Å². The third-order valence-corrected chi connectivity index (χ3v) is 4.84. The molecule has 1 fully saturated rings. The number of nitrogens with zero attached hydrogens (tertiary/aromatic N) is 2. The summed E-state index contributed by atoms with van der Waals surface area (Å²) < 4.78 is 38.1. The van der Waals surface area contributed by atoms with Gasteiger partial charge in [0.2, 0.25) is 5.91 Å². The van der Waals surface area contributed by atoms with E-state index in [0.717, 1.165) is 12.1 Å². The van der Waals surface area contributed by atoms with Crippen molar-refractivity contribution in [2.75, 3.05) is 29.0 Å². The SMILES string of the molecule is Nc1cc(C(F)(F)F)ccc1NC(=O)C1CCN(c2ncccc2Cl)CC1. The highest BCUT2D eigenvalue weighted by Gasteiger charge is 2.31. The van der Waals surface area contributed by atoms with E-state index in [9.17, 15) is 18.0 Å². The summed E-state index contributed by atoms with van der Waals surface area (Å²) in [4.78, 5) is 18.7. The van der Waals surface area contributed by atoms with Crippen LogP contribution in [-0.2, 0) is 11.0 Å². The normalized spacial score (nSPS) is 15.6. The molecule has 9 heteroatoms. The lowest BCUT2D eigenvalue weighted by atomic mass is 9.95. The molecule has 1 aliphatic rings. The van der Waals surface area contributed by atoms with Crippen LogP contribution >= 0.6 is 11.6 Å². The van der Waals surface area contributed by atoms with E-state index >= 15 is 0 Å². The largest absolute Gasteiger partial charge is 0.416 e. The number of nitrogen functional groups attached to an aromatic ring is 1. The molecule has 1 amide bonds. The Morgan fingerprint density at radius 1 is 1.26 bits per heavy atom. The van der Waals surface area contributed by atoms with Gasteiger partial charge in [0.25, 0.3) is 0 Å². The first-order chi connectivity index (χ1) is 12.8. The number of pyridine rings is 1. The fraction of sp³-hybridized carbons (Fsp3) is 0.333. The predicted molar refractivity (Wildman–Crippen MR) is 98.7 cm³/mol. The van der Waals surface area contributed by atoms with Crippen molar-refractivity contribution in [1.29, 1.82) is 0 Å². The highest BCUT2D eigenvalue weighted by Crippen LogP contribution is 2.33. The summed E-state index contributed by atoms with van der Waals surface area (Å²) in [6.45, 7) is 1.22. The van der Waals surface area contributed by atoms with Crippen molar-refractivity contribution < 1.29 is 18.0 Å². The lowest BCUT2D eigenvalue weighted by Crippen LogP contribution is -2.38. The number of hydrogen-bond acceptors (Lipinski definition) is 4. The minimum atomic E-state index is -4.48. The summed E-state index contributed by atoms with van der Waals surface area (Å²) in [6, 6.07) is 6.41. The third-order valence-electron chi connectivity index (χ3n) is 4.54. The fourth-order valence-corrected chi connectivity index (χ4v) is 3.29. The Bertz CT molecular complexity index is 836. The number of alkyl halides is 3. The quantitative estimate of drug-likeness (QED) is 0.760. The zero-order chi connectivity index (χ0) is 19.6. The van der Waals surface area contributed by atoms with E-state index in [4.69, 9.17) is 17.3 Å². The first kappa shape index (κ1) is 19.3. The zero-order valence-corrected chi connectivity index (χ0v) is 15.0. The minimum absolute atomic E-state index is 0.115. The maximum absolute atomic E-state index is 12.7. The molecular formula is C18H18ClF3N4O. The summed E-state index contributed by atoms with van der Waals surface area (Å²) in [7, 11) is 0. The number of hydrogen-bond donors (Lipinski definition) is 2. The number of carbonyl (C=O) groups excluding carboxylic acids is 1. The average Bonchev–Trinajstić information content (AvgIpc) is 2.63. The molecule has 0 radical (unpaired) electrons. The second-order valence-electron chi connectivity index (χ2n) is 6.36. The number of anilines is 3. The minimum Gasteiger partial charge on any atom is -0.397 e. The molecule has 2 aromatic rings. The summed E-state index contributed by atoms with van der Waals surface area (Å²) >= 11 is 6.15. The van der Waals surface area contributed by atoms with E-state index in [2.05, 4.69) is 10.3 Å². The Morgan fingerprint density at radius 2 is 1.96 bits per heavy atom. The molecule has 1 aromatic heterocycles. The lowest BCUT2D eigenvalue weighted by molar-refractivity contribution is -0.137. The maximum Gasteiger partial charge on any atom is 0.416 e. The molecule has 3 N–H and O–H groups in total. The molecule has 2 heterocycles. The van der Waals surface area contributed by atoms with Crippen molar-refractivity contribution in [3.63, 3.8) is 0 Å². The van der Waals surface area contributed by atoms with Crippen molar-refractivity contribution >= 4 is 34.7 Å². The van der Waals surface area contributed by atoms with Crippen molar-refractivity contribution in [2.24, 2.45) is 5.92 Å². The van der Waals surface area contributed by atoms with E-state index in [1.165, 1.54) is 6.07 Å². The Kier molecular flexibility index (Phi) is 5.46. The lowest BCUT2D eigenvalue weighted by Gasteiger charge is -2.32. The number of aromatic nitrogens is 1. The van der Waals surface area contributed by atoms with Crippen LogP contribution in [0.25, 0.3) is 0 Å². The van der Waals surface area contributed by atoms with Crippen molar-refractivity contribution in [2.45, 2.75) is 19.0 Å². The Balaban J connectivity index is 1.61. The first-order valence-electron chi connectivity index (χ1n) is 8.39. The van der Waals surface area contributed by atoms with Crippen LogP contribution in [0.2, 0.25) is 5.02 Å². The number of carbonyl (C=O) groups is 1. The number of rotatable bonds is 3. The maximum atomic E-state index is 12.7. The molecule has 1 aromatic carbocycles. The number of benzene rings is 1. The molecular weight excluding hydrogens is 381 g/mol. The molecule has 0 bridgehead atoms. The van der Waals surface area contributed by atoms with Gasteiger partial charge < -0.3 is 16.0 Å². The van der Waals surface area contributed by atoms with Crippen molar-refractivity contribution in [3.05, 3.63) is 47.1 Å². The van der Waals surface area contributed by atoms with Gasteiger partial charge in [-0.2, -0.15) is 13.2 Å². The highest BCUT2D eigenvalue weighted by molar-refractivity contribution is 6.32. The molecule has 1 saturated heterocycles. The fourth-order valence-electron chi connectivity index (χ4n) is 3.05. The van der Waals surface area contributed by atoms with Crippen LogP contribution < -0.4 is 16.0 Å². The molecule has 0 unspecified atom stereocenters. The number of nitrogens with two attached hydrogens (primary N) is 1. The summed E-state index contributed by atoms with van der Waals surface area (Å²) in [5.74, 6) is 0.170. The van der Waals surface area contributed by atoms with Gasteiger partial charge in [-0.1, -0.05) is 11.6 Å². The number of amides is 1. The molecule has 144 valence electrons. The van der Waals surface area contributed by atoms with Crippen LogP contribution in [0.15, 0.2) is 36.5 Å². The molecule has 5 nitrogen and oxygen atoms in total. The van der Waals surface area contributed by atoms with E-state index in [1.54, 1.807) is 18.3 Å². The predicted octanol–water partition coefficient (Wildman–Crippen LogP) is 4.19. The first-order valence-corrected chi connectivity index (χ1v) is 8.76. The van der Waals surface area contributed by atoms with Gasteiger partial charge >= 0.3 is 6.18 Å². The second-order valence-corrected chi connectivity index (χ2v) is 6.77. The van der Waals surface area contributed by atoms with Crippen LogP contribution in [0.4, 0.5) is 30.4 Å². The number of nitrogens with one attached hydrogen (secondary N) is 1. The monoisotopic (exact) mass is 398 g/mol. The van der Waals surface area contributed by atoms with Crippen LogP contribution in [0, 0.1) is 5.92 Å². The van der Waals surface area contributed by atoms with Crippen LogP contribution in [0.1, 0.15) is 18.4 Å².